The summed E-state index contributed by atoms with van der Waals surface area (Å²) in [6, 6.07) is 0. The van der Waals surface area contributed by atoms with Crippen LogP contribution in [0.3, 0.4) is 0 Å². The average Bonchev–Trinajstić information content (AvgIpc) is 2.27. The second-order valence-electron chi connectivity index (χ2n) is 5.04. The summed E-state index contributed by atoms with van der Waals surface area (Å²) < 4.78 is 17.5. The second kappa shape index (κ2) is 3.59. The normalized spacial score (nSPS) is 29.1. The summed E-state index contributed by atoms with van der Waals surface area (Å²) in [7, 11) is -2.32. The van der Waals surface area contributed by atoms with Crippen LogP contribution in [0.15, 0.2) is 11.6 Å². The molecule has 0 aromatic carbocycles. The molecule has 1 rings (SSSR count). The predicted molar refractivity (Wildman–Crippen MR) is 56.5 cm³/mol. The van der Waals surface area contributed by atoms with Crippen LogP contribution in [0, 0.1) is 5.41 Å². The smallest absolute Gasteiger partial charge is 0.210 e. The Morgan fingerprint density at radius 3 is 2.54 bits per heavy atom. The Morgan fingerprint density at radius 2 is 2.15 bits per heavy atom. The van der Waals surface area contributed by atoms with E-state index in [4.69, 9.17) is 4.52 Å². The van der Waals surface area contributed by atoms with E-state index in [1.165, 1.54) is 5.57 Å². The Bertz CT molecular complexity index is 261. The number of allylic oxidation sites excluding steroid dienone is 2. The third-order valence-electron chi connectivity index (χ3n) is 1.94. The Morgan fingerprint density at radius 1 is 1.54 bits per heavy atom. The highest BCUT2D eigenvalue weighted by atomic mass is 31.2. The molecule has 0 N–H and O–H groups in total. The standard InChI is InChI=1S/C10H19O2P/c1-9-5-6-13(11,7-9)12-8-10(2,3)4/h5H,6-8H2,1-4H3. The van der Waals surface area contributed by atoms with Gasteiger partial charge < -0.3 is 4.52 Å². The lowest BCUT2D eigenvalue weighted by atomic mass is 9.99. The second-order valence-corrected chi connectivity index (χ2v) is 7.61. The minimum Gasteiger partial charge on any atom is -0.327 e. The summed E-state index contributed by atoms with van der Waals surface area (Å²) in [5, 5.41) is 0. The molecule has 0 saturated carbocycles. The van der Waals surface area contributed by atoms with Crippen LogP contribution in [0.2, 0.25) is 0 Å². The maximum atomic E-state index is 12.0. The Kier molecular flexibility index (Phi) is 3.04. The monoisotopic (exact) mass is 202 g/mol. The zero-order chi connectivity index (χ0) is 10.1. The molecule has 0 radical (unpaired) electrons. The van der Waals surface area contributed by atoms with Crippen molar-refractivity contribution in [2.75, 3.05) is 18.9 Å². The maximum absolute atomic E-state index is 12.0. The van der Waals surface area contributed by atoms with Crippen molar-refractivity contribution in [1.82, 2.24) is 0 Å². The Balaban J connectivity index is 2.43. The molecule has 1 aliphatic heterocycles. The van der Waals surface area contributed by atoms with Crippen molar-refractivity contribution in [1.29, 1.82) is 0 Å². The van der Waals surface area contributed by atoms with Crippen molar-refractivity contribution < 1.29 is 9.09 Å². The minimum atomic E-state index is -2.32. The van der Waals surface area contributed by atoms with Crippen LogP contribution in [0.5, 0.6) is 0 Å². The highest BCUT2D eigenvalue weighted by Crippen LogP contribution is 2.53. The van der Waals surface area contributed by atoms with E-state index in [2.05, 4.69) is 20.8 Å². The van der Waals surface area contributed by atoms with Gasteiger partial charge in [-0.15, -0.1) is 0 Å². The van der Waals surface area contributed by atoms with Gasteiger partial charge in [0.05, 0.1) is 6.61 Å². The fraction of sp³-hybridized carbons (Fsp3) is 0.800. The van der Waals surface area contributed by atoms with E-state index in [9.17, 15) is 4.57 Å². The van der Waals surface area contributed by atoms with Crippen molar-refractivity contribution >= 4 is 7.37 Å². The molecule has 1 heterocycles. The summed E-state index contributed by atoms with van der Waals surface area (Å²) in [6.07, 6.45) is 3.32. The quantitative estimate of drug-likeness (QED) is 0.507. The first-order chi connectivity index (χ1) is 5.81. The molecule has 13 heavy (non-hydrogen) atoms. The average molecular weight is 202 g/mol. The minimum absolute atomic E-state index is 0.105. The summed E-state index contributed by atoms with van der Waals surface area (Å²) in [5.41, 5.74) is 1.31. The zero-order valence-electron chi connectivity index (χ0n) is 8.96. The first-order valence-electron chi connectivity index (χ1n) is 4.69. The van der Waals surface area contributed by atoms with Gasteiger partial charge in [-0.3, -0.25) is 4.57 Å². The predicted octanol–water partition coefficient (Wildman–Crippen LogP) is 3.29. The van der Waals surface area contributed by atoms with Crippen molar-refractivity contribution in [3.8, 4) is 0 Å². The van der Waals surface area contributed by atoms with Crippen molar-refractivity contribution in [2.45, 2.75) is 27.7 Å². The highest BCUT2D eigenvalue weighted by molar-refractivity contribution is 7.59. The number of rotatable bonds is 2. The topological polar surface area (TPSA) is 26.3 Å². The molecular weight excluding hydrogens is 183 g/mol. The van der Waals surface area contributed by atoms with Crippen LogP contribution in [0.1, 0.15) is 27.7 Å². The third-order valence-corrected chi connectivity index (χ3v) is 4.26. The lowest BCUT2D eigenvalue weighted by Crippen LogP contribution is -2.14. The van der Waals surface area contributed by atoms with E-state index >= 15 is 0 Å². The maximum Gasteiger partial charge on any atom is 0.210 e. The van der Waals surface area contributed by atoms with Gasteiger partial charge in [0.2, 0.25) is 7.37 Å². The van der Waals surface area contributed by atoms with Crippen LogP contribution in [0.4, 0.5) is 0 Å². The first kappa shape index (κ1) is 11.0. The van der Waals surface area contributed by atoms with E-state index in [0.29, 0.717) is 18.9 Å². The Hall–Kier alpha value is -0.0700. The molecule has 0 fully saturated rings. The van der Waals surface area contributed by atoms with Gasteiger partial charge >= 0.3 is 0 Å². The summed E-state index contributed by atoms with van der Waals surface area (Å²) in [5.74, 6) is 0. The van der Waals surface area contributed by atoms with Crippen molar-refractivity contribution in [3.63, 3.8) is 0 Å². The summed E-state index contributed by atoms with van der Waals surface area (Å²) in [6.45, 7) is 8.88. The van der Waals surface area contributed by atoms with Gasteiger partial charge in [-0.05, 0) is 12.3 Å². The van der Waals surface area contributed by atoms with Crippen LogP contribution in [0.25, 0.3) is 0 Å². The molecule has 1 aliphatic rings. The van der Waals surface area contributed by atoms with E-state index in [1.54, 1.807) is 0 Å². The summed E-state index contributed by atoms with van der Waals surface area (Å²) >= 11 is 0. The van der Waals surface area contributed by atoms with Gasteiger partial charge in [-0.1, -0.05) is 32.4 Å². The fourth-order valence-corrected chi connectivity index (χ4v) is 3.64. The van der Waals surface area contributed by atoms with Crippen LogP contribution >= 0.6 is 7.37 Å². The Labute approximate surface area is 80.8 Å². The molecule has 0 saturated heterocycles. The number of hydrogen-bond acceptors (Lipinski definition) is 2. The molecule has 0 aromatic heterocycles. The first-order valence-corrected chi connectivity index (χ1v) is 6.69. The van der Waals surface area contributed by atoms with E-state index < -0.39 is 7.37 Å². The fourth-order valence-electron chi connectivity index (χ4n) is 1.21. The molecule has 0 aromatic rings. The molecule has 1 atom stereocenters. The van der Waals surface area contributed by atoms with Gasteiger partial charge in [0.1, 0.15) is 0 Å². The van der Waals surface area contributed by atoms with Gasteiger partial charge in [-0.25, -0.2) is 0 Å². The molecule has 1 unspecified atom stereocenters. The van der Waals surface area contributed by atoms with Gasteiger partial charge in [0, 0.05) is 12.3 Å². The molecule has 0 aliphatic carbocycles. The van der Waals surface area contributed by atoms with Crippen LogP contribution < -0.4 is 0 Å². The van der Waals surface area contributed by atoms with E-state index in [0.717, 1.165) is 0 Å². The van der Waals surface area contributed by atoms with Gasteiger partial charge in [0.25, 0.3) is 0 Å². The molecule has 0 amide bonds. The van der Waals surface area contributed by atoms with Gasteiger partial charge in [-0.2, -0.15) is 0 Å². The lowest BCUT2D eigenvalue weighted by Gasteiger charge is -2.21. The molecule has 0 bridgehead atoms. The largest absolute Gasteiger partial charge is 0.327 e. The molecule has 76 valence electrons. The lowest BCUT2D eigenvalue weighted by molar-refractivity contribution is 0.201. The van der Waals surface area contributed by atoms with Crippen LogP contribution in [-0.4, -0.2) is 18.9 Å². The summed E-state index contributed by atoms with van der Waals surface area (Å²) in [4.78, 5) is 0. The number of hydrogen-bond donors (Lipinski definition) is 0. The van der Waals surface area contributed by atoms with Crippen molar-refractivity contribution in [3.05, 3.63) is 11.6 Å². The van der Waals surface area contributed by atoms with Crippen molar-refractivity contribution in [2.24, 2.45) is 5.41 Å². The van der Waals surface area contributed by atoms with E-state index in [1.807, 2.05) is 13.0 Å². The van der Waals surface area contributed by atoms with E-state index in [-0.39, 0.29) is 5.41 Å². The molecule has 0 spiro atoms. The SMILES string of the molecule is CC1=CCP(=O)(OCC(C)(C)C)C1. The molecule has 2 nitrogen and oxygen atoms in total. The third kappa shape index (κ3) is 3.66. The highest BCUT2D eigenvalue weighted by Gasteiger charge is 2.28. The van der Waals surface area contributed by atoms with Crippen LogP contribution in [-0.2, 0) is 9.09 Å². The molecular formula is C10H19O2P. The molecule has 3 heteroatoms. The zero-order valence-corrected chi connectivity index (χ0v) is 9.86. The van der Waals surface area contributed by atoms with Gasteiger partial charge in [0.15, 0.2) is 0 Å².